The predicted octanol–water partition coefficient (Wildman–Crippen LogP) is 2.90. The first kappa shape index (κ1) is 15.8. The monoisotopic (exact) mass is 346 g/mol. The number of hydrogen-bond donors (Lipinski definition) is 0. The molecular formula is C17H14N8O. The van der Waals surface area contributed by atoms with Gasteiger partial charge in [-0.05, 0) is 18.2 Å². The van der Waals surface area contributed by atoms with Gasteiger partial charge in [0, 0.05) is 12.3 Å². The molecular weight excluding hydrogens is 332 g/mol. The Balaban J connectivity index is 1.66. The summed E-state index contributed by atoms with van der Waals surface area (Å²) in [6.07, 6.45) is 6.26. The molecule has 0 unspecified atom stereocenters. The molecule has 0 saturated heterocycles. The summed E-state index contributed by atoms with van der Waals surface area (Å²) in [5.41, 5.74) is 2.26. The van der Waals surface area contributed by atoms with Crippen molar-refractivity contribution in [2.24, 2.45) is 10.2 Å². The van der Waals surface area contributed by atoms with E-state index >= 15 is 0 Å². The fraction of sp³-hybridized carbons (Fsp3) is 0.118. The van der Waals surface area contributed by atoms with Crippen molar-refractivity contribution in [1.29, 1.82) is 0 Å². The van der Waals surface area contributed by atoms with Crippen LogP contribution in [-0.2, 0) is 6.54 Å². The maximum absolute atomic E-state index is 5.27. The van der Waals surface area contributed by atoms with Crippen LogP contribution in [0.1, 0.15) is 5.69 Å². The van der Waals surface area contributed by atoms with Gasteiger partial charge in [-0.1, -0.05) is 6.07 Å². The van der Waals surface area contributed by atoms with E-state index in [0.29, 0.717) is 23.4 Å². The highest BCUT2D eigenvalue weighted by atomic mass is 16.5. The van der Waals surface area contributed by atoms with Crippen molar-refractivity contribution in [3.8, 4) is 11.4 Å². The standard InChI is InChI=1S/C17H14N8O/c1-26-14-4-2-3-13(7-14)25-17-15(9-23-25)16(20-11-21-17)24-22-8-12-5-6-18-10-19-12/h2-7,9-11H,8H2,1H3. The van der Waals surface area contributed by atoms with E-state index in [-0.39, 0.29) is 0 Å². The summed E-state index contributed by atoms with van der Waals surface area (Å²) >= 11 is 0. The Labute approximate surface area is 148 Å². The third kappa shape index (κ3) is 3.09. The van der Waals surface area contributed by atoms with Crippen LogP contribution in [0.3, 0.4) is 0 Å². The number of methoxy groups -OCH3 is 1. The molecule has 9 heteroatoms. The van der Waals surface area contributed by atoms with Crippen molar-refractivity contribution in [2.45, 2.75) is 6.54 Å². The molecule has 3 heterocycles. The minimum atomic E-state index is 0.345. The highest BCUT2D eigenvalue weighted by Crippen LogP contribution is 2.25. The fourth-order valence-corrected chi connectivity index (χ4v) is 2.43. The van der Waals surface area contributed by atoms with Crippen molar-refractivity contribution in [3.05, 3.63) is 61.1 Å². The minimum Gasteiger partial charge on any atom is -0.497 e. The van der Waals surface area contributed by atoms with Gasteiger partial charge in [-0.3, -0.25) is 0 Å². The Morgan fingerprint density at radius 2 is 2.08 bits per heavy atom. The van der Waals surface area contributed by atoms with Gasteiger partial charge in [0.05, 0.1) is 30.1 Å². The second-order valence-electron chi connectivity index (χ2n) is 5.29. The van der Waals surface area contributed by atoms with Gasteiger partial charge in [-0.25, -0.2) is 24.6 Å². The van der Waals surface area contributed by atoms with Gasteiger partial charge >= 0.3 is 0 Å². The van der Waals surface area contributed by atoms with Crippen LogP contribution in [0.25, 0.3) is 16.7 Å². The molecule has 0 atom stereocenters. The topological polar surface area (TPSA) is 103 Å². The smallest absolute Gasteiger partial charge is 0.188 e. The molecule has 0 aliphatic carbocycles. The van der Waals surface area contributed by atoms with E-state index in [1.54, 1.807) is 30.3 Å². The van der Waals surface area contributed by atoms with E-state index < -0.39 is 0 Å². The fourth-order valence-electron chi connectivity index (χ4n) is 2.43. The highest BCUT2D eigenvalue weighted by molar-refractivity contribution is 5.85. The van der Waals surface area contributed by atoms with Crippen LogP contribution in [0.2, 0.25) is 0 Å². The maximum Gasteiger partial charge on any atom is 0.188 e. The van der Waals surface area contributed by atoms with Crippen LogP contribution in [0.15, 0.2) is 65.6 Å². The van der Waals surface area contributed by atoms with Crippen LogP contribution < -0.4 is 4.74 Å². The highest BCUT2D eigenvalue weighted by Gasteiger charge is 2.11. The van der Waals surface area contributed by atoms with Gasteiger partial charge < -0.3 is 4.74 Å². The van der Waals surface area contributed by atoms with E-state index in [1.165, 1.54) is 12.7 Å². The lowest BCUT2D eigenvalue weighted by Crippen LogP contribution is -1.98. The SMILES string of the molecule is COc1cccc(-n2ncc3c(N=NCc4ccncn4)ncnc32)c1. The van der Waals surface area contributed by atoms with E-state index in [1.807, 2.05) is 24.3 Å². The molecule has 3 aromatic heterocycles. The molecule has 0 amide bonds. The summed E-state index contributed by atoms with van der Waals surface area (Å²) in [6, 6.07) is 9.36. The first-order valence-corrected chi connectivity index (χ1v) is 7.81. The molecule has 0 N–H and O–H groups in total. The predicted molar refractivity (Wildman–Crippen MR) is 93.5 cm³/mol. The Morgan fingerprint density at radius 1 is 1.12 bits per heavy atom. The summed E-state index contributed by atoms with van der Waals surface area (Å²) in [4.78, 5) is 16.5. The molecule has 26 heavy (non-hydrogen) atoms. The van der Waals surface area contributed by atoms with Crippen molar-refractivity contribution < 1.29 is 4.74 Å². The van der Waals surface area contributed by atoms with Crippen molar-refractivity contribution in [2.75, 3.05) is 7.11 Å². The molecule has 1 aromatic carbocycles. The molecule has 128 valence electrons. The van der Waals surface area contributed by atoms with Crippen LogP contribution >= 0.6 is 0 Å². The largest absolute Gasteiger partial charge is 0.497 e. The van der Waals surface area contributed by atoms with Gasteiger partial charge in [0.1, 0.15) is 24.9 Å². The lowest BCUT2D eigenvalue weighted by Gasteiger charge is -2.05. The van der Waals surface area contributed by atoms with Crippen LogP contribution in [0.4, 0.5) is 5.82 Å². The lowest BCUT2D eigenvalue weighted by molar-refractivity contribution is 0.414. The molecule has 0 spiro atoms. The first-order valence-electron chi connectivity index (χ1n) is 7.81. The average molecular weight is 346 g/mol. The number of azo groups is 1. The number of benzene rings is 1. The quantitative estimate of drug-likeness (QED) is 0.515. The van der Waals surface area contributed by atoms with Crippen molar-refractivity contribution >= 4 is 16.9 Å². The zero-order valence-corrected chi connectivity index (χ0v) is 13.9. The summed E-state index contributed by atoms with van der Waals surface area (Å²) in [5.74, 6) is 1.20. The van der Waals surface area contributed by atoms with Crippen molar-refractivity contribution in [1.82, 2.24) is 29.7 Å². The van der Waals surface area contributed by atoms with Gasteiger partial charge in [0.15, 0.2) is 11.5 Å². The molecule has 4 rings (SSSR count). The minimum absolute atomic E-state index is 0.345. The molecule has 0 saturated carbocycles. The van der Waals surface area contributed by atoms with E-state index in [4.69, 9.17) is 4.74 Å². The zero-order valence-electron chi connectivity index (χ0n) is 13.9. The molecule has 0 bridgehead atoms. The zero-order chi connectivity index (χ0) is 17.8. The third-order valence-electron chi connectivity index (χ3n) is 3.68. The molecule has 9 nitrogen and oxygen atoms in total. The Bertz CT molecular complexity index is 1060. The van der Waals surface area contributed by atoms with E-state index in [9.17, 15) is 0 Å². The Morgan fingerprint density at radius 3 is 2.92 bits per heavy atom. The van der Waals surface area contributed by atoms with Gasteiger partial charge in [-0.15, -0.1) is 5.11 Å². The van der Waals surface area contributed by atoms with Crippen LogP contribution in [-0.4, -0.2) is 36.8 Å². The van der Waals surface area contributed by atoms with Gasteiger partial charge in [0.25, 0.3) is 0 Å². The lowest BCUT2D eigenvalue weighted by atomic mass is 10.3. The summed E-state index contributed by atoms with van der Waals surface area (Å²) in [6.45, 7) is 0.345. The summed E-state index contributed by atoms with van der Waals surface area (Å²) < 4.78 is 6.98. The first-order chi connectivity index (χ1) is 12.8. The Kier molecular flexibility index (Phi) is 4.25. The molecule has 4 aromatic rings. The number of rotatable bonds is 5. The average Bonchev–Trinajstić information content (AvgIpc) is 3.14. The van der Waals surface area contributed by atoms with Crippen LogP contribution in [0, 0.1) is 0 Å². The molecule has 0 aliphatic rings. The van der Waals surface area contributed by atoms with Gasteiger partial charge in [-0.2, -0.15) is 10.2 Å². The second kappa shape index (κ2) is 7.01. The number of fused-ring (bicyclic) bond motifs is 1. The van der Waals surface area contributed by atoms with Crippen molar-refractivity contribution in [3.63, 3.8) is 0 Å². The molecule has 0 fully saturated rings. The van der Waals surface area contributed by atoms with E-state index in [0.717, 1.165) is 17.1 Å². The third-order valence-corrected chi connectivity index (χ3v) is 3.68. The summed E-state index contributed by atoms with van der Waals surface area (Å²) in [7, 11) is 1.62. The molecule has 0 radical (unpaired) electrons. The normalized spacial score (nSPS) is 11.3. The Hall–Kier alpha value is -3.75. The number of hydrogen-bond acceptors (Lipinski definition) is 8. The van der Waals surface area contributed by atoms with Crippen LogP contribution in [0.5, 0.6) is 5.75 Å². The number of nitrogens with zero attached hydrogens (tertiary/aromatic N) is 8. The maximum atomic E-state index is 5.27. The number of ether oxygens (including phenoxy) is 1. The second-order valence-corrected chi connectivity index (χ2v) is 5.29. The van der Waals surface area contributed by atoms with E-state index in [2.05, 4.69) is 35.3 Å². The number of aromatic nitrogens is 6. The summed E-state index contributed by atoms with van der Waals surface area (Å²) in [5, 5.41) is 13.5. The van der Waals surface area contributed by atoms with Gasteiger partial charge in [0.2, 0.25) is 0 Å². The molecule has 0 aliphatic heterocycles.